The van der Waals surface area contributed by atoms with Crippen LogP contribution in [0.3, 0.4) is 0 Å². The van der Waals surface area contributed by atoms with Crippen molar-refractivity contribution in [1.82, 2.24) is 0 Å². The first-order valence-corrected chi connectivity index (χ1v) is 15.5. The maximum Gasteiger partial charge on any atom is 0.0122 e. The average Bonchev–Trinajstić information content (AvgIpc) is 2.87. The van der Waals surface area contributed by atoms with E-state index in [2.05, 4.69) is 161 Å². The van der Waals surface area contributed by atoms with E-state index >= 15 is 0 Å². The molecule has 0 aliphatic carbocycles. The largest absolute Gasteiger partial charge is 0.0901 e. The molecule has 0 aromatic heterocycles. The molecule has 0 nitrogen and oxygen atoms in total. The van der Waals surface area contributed by atoms with Gasteiger partial charge in [0.15, 0.2) is 0 Å². The highest BCUT2D eigenvalue weighted by atomic mass is 32.2. The van der Waals surface area contributed by atoms with Crippen LogP contribution in [0.4, 0.5) is 0 Å². The van der Waals surface area contributed by atoms with Crippen LogP contribution in [0.2, 0.25) is 0 Å². The Balaban J connectivity index is 1.57. The van der Waals surface area contributed by atoms with Crippen LogP contribution < -0.4 is 0 Å². The fourth-order valence-electron chi connectivity index (χ4n) is 4.81. The Morgan fingerprint density at radius 2 is 0.775 bits per heavy atom. The minimum Gasteiger partial charge on any atom is -0.0901 e. The Morgan fingerprint density at radius 3 is 1.12 bits per heavy atom. The van der Waals surface area contributed by atoms with E-state index in [-0.39, 0.29) is 16.2 Å². The van der Waals surface area contributed by atoms with Gasteiger partial charge in [0, 0.05) is 9.79 Å². The molecule has 1 heteroatoms. The van der Waals surface area contributed by atoms with E-state index in [1.165, 1.54) is 54.3 Å². The number of benzene rings is 4. The summed E-state index contributed by atoms with van der Waals surface area (Å²) in [5.41, 5.74) is 11.1. The van der Waals surface area contributed by atoms with Crippen molar-refractivity contribution in [2.75, 3.05) is 0 Å². The third kappa shape index (κ3) is 7.29. The summed E-state index contributed by atoms with van der Waals surface area (Å²) in [7, 11) is 0. The van der Waals surface area contributed by atoms with Crippen LogP contribution in [-0.4, -0.2) is 0 Å². The lowest BCUT2D eigenvalue weighted by Gasteiger charge is -2.26. The first-order chi connectivity index (χ1) is 18.5. The van der Waals surface area contributed by atoms with Crippen molar-refractivity contribution in [3.05, 3.63) is 107 Å². The molecule has 0 bridgehead atoms. The number of rotatable bonds is 5. The second-order valence-corrected chi connectivity index (χ2v) is 15.8. The number of hydrogen-bond donors (Lipinski definition) is 0. The first kappa shape index (κ1) is 30.2. The normalized spacial score (nSPS) is 12.7. The molecule has 0 radical (unpaired) electrons. The van der Waals surface area contributed by atoms with E-state index in [9.17, 15) is 0 Å². The fourth-order valence-corrected chi connectivity index (χ4v) is 5.63. The Kier molecular flexibility index (Phi) is 8.49. The zero-order chi connectivity index (χ0) is 29.5. The maximum absolute atomic E-state index is 2.39. The SMILES string of the molecule is CC(C)c1cc(-c2ccc(Sc3ccc(-c4cc(C(C)(C)C)cc(C(C)(C)C)c4)cc3)cc2)cc(C(C)(C)C)c1. The minimum absolute atomic E-state index is 0.113. The molecular formula is C39H48S. The van der Waals surface area contributed by atoms with Gasteiger partial charge in [-0.25, -0.2) is 0 Å². The first-order valence-electron chi connectivity index (χ1n) is 14.7. The molecule has 0 aliphatic heterocycles. The van der Waals surface area contributed by atoms with Gasteiger partial charge in [0.25, 0.3) is 0 Å². The lowest BCUT2D eigenvalue weighted by atomic mass is 9.79. The lowest BCUT2D eigenvalue weighted by molar-refractivity contribution is 0.569. The van der Waals surface area contributed by atoms with Crippen LogP contribution in [0.15, 0.2) is 94.7 Å². The molecule has 4 aromatic rings. The minimum atomic E-state index is 0.113. The molecule has 4 aromatic carbocycles. The maximum atomic E-state index is 2.39. The van der Waals surface area contributed by atoms with Gasteiger partial charge >= 0.3 is 0 Å². The van der Waals surface area contributed by atoms with Crippen molar-refractivity contribution < 1.29 is 0 Å². The molecule has 0 aliphatic rings. The van der Waals surface area contributed by atoms with E-state index in [4.69, 9.17) is 0 Å². The highest BCUT2D eigenvalue weighted by Crippen LogP contribution is 2.37. The van der Waals surface area contributed by atoms with Crippen molar-refractivity contribution in [3.8, 4) is 22.3 Å². The highest BCUT2D eigenvalue weighted by Gasteiger charge is 2.21. The molecule has 0 spiro atoms. The van der Waals surface area contributed by atoms with Crippen LogP contribution >= 0.6 is 11.8 Å². The molecule has 0 unspecified atom stereocenters. The molecule has 0 heterocycles. The van der Waals surface area contributed by atoms with Crippen LogP contribution in [-0.2, 0) is 16.2 Å². The van der Waals surface area contributed by atoms with E-state index in [1.807, 2.05) is 11.8 Å². The summed E-state index contributed by atoms with van der Waals surface area (Å²) in [5.74, 6) is 0.509. The summed E-state index contributed by atoms with van der Waals surface area (Å²) in [6.45, 7) is 25.2. The molecule has 40 heavy (non-hydrogen) atoms. The zero-order valence-corrected chi connectivity index (χ0v) is 27.4. The van der Waals surface area contributed by atoms with Crippen molar-refractivity contribution in [1.29, 1.82) is 0 Å². The molecule has 0 fully saturated rings. The third-order valence-electron chi connectivity index (χ3n) is 7.76. The number of hydrogen-bond acceptors (Lipinski definition) is 1. The Labute approximate surface area is 248 Å². The molecular weight excluding hydrogens is 500 g/mol. The topological polar surface area (TPSA) is 0 Å². The van der Waals surface area contributed by atoms with Crippen LogP contribution in [0.1, 0.15) is 104 Å². The molecule has 0 saturated heterocycles. The van der Waals surface area contributed by atoms with Gasteiger partial charge < -0.3 is 0 Å². The van der Waals surface area contributed by atoms with E-state index in [1.54, 1.807) is 0 Å². The second kappa shape index (κ2) is 11.2. The van der Waals surface area contributed by atoms with Gasteiger partial charge in [0.05, 0.1) is 0 Å². The summed E-state index contributed by atoms with van der Waals surface area (Å²) in [6.07, 6.45) is 0. The molecule has 4 rings (SSSR count). The molecule has 0 atom stereocenters. The second-order valence-electron chi connectivity index (χ2n) is 14.7. The Hall–Kier alpha value is -2.77. The molecule has 0 amide bonds. The average molecular weight is 549 g/mol. The van der Waals surface area contributed by atoms with Crippen molar-refractivity contribution >= 4 is 11.8 Å². The molecule has 0 N–H and O–H groups in total. The Bertz CT molecular complexity index is 1420. The summed E-state index contributed by atoms with van der Waals surface area (Å²) >= 11 is 1.83. The monoisotopic (exact) mass is 548 g/mol. The van der Waals surface area contributed by atoms with Crippen LogP contribution in [0.5, 0.6) is 0 Å². The quantitative estimate of drug-likeness (QED) is 0.239. The van der Waals surface area contributed by atoms with Gasteiger partial charge in [-0.3, -0.25) is 0 Å². The molecule has 210 valence electrons. The van der Waals surface area contributed by atoms with Crippen molar-refractivity contribution in [3.63, 3.8) is 0 Å². The standard InChI is InChI=1S/C39H48S/c1-26(2)29-20-30(22-32(21-29)37(3,4)5)27-12-16-35(17-13-27)40-36-18-14-28(15-19-36)31-23-33(38(6,7)8)25-34(24-31)39(9,10)11/h12-26H,1-11H3. The fraction of sp³-hybridized carbons (Fsp3) is 0.385. The summed E-state index contributed by atoms with van der Waals surface area (Å²) in [5, 5.41) is 0. The lowest BCUT2D eigenvalue weighted by Crippen LogP contribution is -2.16. The van der Waals surface area contributed by atoms with E-state index in [0.29, 0.717) is 5.92 Å². The van der Waals surface area contributed by atoms with E-state index < -0.39 is 0 Å². The highest BCUT2D eigenvalue weighted by molar-refractivity contribution is 7.99. The van der Waals surface area contributed by atoms with Gasteiger partial charge in [0.1, 0.15) is 0 Å². The summed E-state index contributed by atoms with van der Waals surface area (Å²) < 4.78 is 0. The van der Waals surface area contributed by atoms with Crippen LogP contribution in [0.25, 0.3) is 22.3 Å². The third-order valence-corrected chi connectivity index (χ3v) is 8.78. The zero-order valence-electron chi connectivity index (χ0n) is 26.6. The Morgan fingerprint density at radius 1 is 0.425 bits per heavy atom. The van der Waals surface area contributed by atoms with E-state index in [0.717, 1.165) is 0 Å². The molecule has 0 saturated carbocycles. The van der Waals surface area contributed by atoms with Gasteiger partial charge in [-0.15, -0.1) is 0 Å². The van der Waals surface area contributed by atoms with Gasteiger partial charge in [-0.1, -0.05) is 149 Å². The van der Waals surface area contributed by atoms with Crippen LogP contribution in [0, 0.1) is 0 Å². The van der Waals surface area contributed by atoms with Gasteiger partial charge in [-0.05, 0) is 90.9 Å². The summed E-state index contributed by atoms with van der Waals surface area (Å²) in [4.78, 5) is 2.52. The van der Waals surface area contributed by atoms with Crippen molar-refractivity contribution in [2.24, 2.45) is 0 Å². The smallest absolute Gasteiger partial charge is 0.0122 e. The summed E-state index contributed by atoms with van der Waals surface area (Å²) in [6, 6.07) is 32.4. The van der Waals surface area contributed by atoms with Gasteiger partial charge in [-0.2, -0.15) is 0 Å². The van der Waals surface area contributed by atoms with Gasteiger partial charge in [0.2, 0.25) is 0 Å². The predicted octanol–water partition coefficient (Wildman–Crippen LogP) is 12.2. The van der Waals surface area contributed by atoms with Crippen molar-refractivity contribution in [2.45, 2.75) is 108 Å². The predicted molar refractivity (Wildman–Crippen MR) is 178 cm³/mol.